The number of ether oxygens (including phenoxy) is 1. The number of hydrogen-bond donors (Lipinski definition) is 0. The maximum Gasteiger partial charge on any atom is 0.122 e. The van der Waals surface area contributed by atoms with Gasteiger partial charge in [0.15, 0.2) is 0 Å². The summed E-state index contributed by atoms with van der Waals surface area (Å²) in [6.45, 7) is 0. The highest BCUT2D eigenvalue weighted by Crippen LogP contribution is 2.43. The molecular weight excluding hydrogens is 255 g/mol. The van der Waals surface area contributed by atoms with Crippen molar-refractivity contribution in [2.75, 3.05) is 13.0 Å². The van der Waals surface area contributed by atoms with Crippen LogP contribution in [0.15, 0.2) is 18.2 Å². The van der Waals surface area contributed by atoms with Crippen molar-refractivity contribution >= 4 is 23.2 Å². The zero-order valence-electron chi connectivity index (χ0n) is 10.1. The van der Waals surface area contributed by atoms with Gasteiger partial charge in [0.1, 0.15) is 5.75 Å². The van der Waals surface area contributed by atoms with Gasteiger partial charge < -0.3 is 4.74 Å². The highest BCUT2D eigenvalue weighted by atomic mass is 35.5. The number of methoxy groups -OCH3 is 1. The number of rotatable bonds is 4. The molecule has 0 aliphatic heterocycles. The van der Waals surface area contributed by atoms with Crippen LogP contribution >= 0.6 is 23.2 Å². The van der Waals surface area contributed by atoms with Crippen LogP contribution in [0.3, 0.4) is 0 Å². The van der Waals surface area contributed by atoms with Crippen molar-refractivity contribution in [3.63, 3.8) is 0 Å². The minimum atomic E-state index is 0.250. The maximum atomic E-state index is 6.18. The second-order valence-corrected chi connectivity index (χ2v) is 5.68. The monoisotopic (exact) mass is 272 g/mol. The van der Waals surface area contributed by atoms with E-state index < -0.39 is 0 Å². The van der Waals surface area contributed by atoms with Crippen LogP contribution in [-0.4, -0.2) is 13.0 Å². The maximum absolute atomic E-state index is 6.18. The van der Waals surface area contributed by atoms with Crippen LogP contribution in [0.4, 0.5) is 0 Å². The molecule has 1 saturated carbocycles. The van der Waals surface area contributed by atoms with E-state index in [1.807, 2.05) is 18.2 Å². The van der Waals surface area contributed by atoms with Crippen LogP contribution < -0.4 is 4.74 Å². The molecule has 0 spiro atoms. The average molecular weight is 273 g/mol. The highest BCUT2D eigenvalue weighted by Gasteiger charge is 2.33. The molecule has 0 atom stereocenters. The number of halogens is 2. The van der Waals surface area contributed by atoms with Crippen molar-refractivity contribution in [1.29, 1.82) is 0 Å². The summed E-state index contributed by atoms with van der Waals surface area (Å²) in [4.78, 5) is 0. The summed E-state index contributed by atoms with van der Waals surface area (Å²) >= 11 is 12.2. The molecule has 0 aromatic heterocycles. The smallest absolute Gasteiger partial charge is 0.122 e. The first kappa shape index (κ1) is 13.0. The van der Waals surface area contributed by atoms with Gasteiger partial charge in [0.05, 0.1) is 7.11 Å². The topological polar surface area (TPSA) is 9.23 Å². The molecule has 1 aromatic rings. The van der Waals surface area contributed by atoms with Crippen LogP contribution in [0.2, 0.25) is 5.02 Å². The lowest BCUT2D eigenvalue weighted by Crippen LogP contribution is -2.22. The summed E-state index contributed by atoms with van der Waals surface area (Å²) in [5.74, 6) is 1.65. The lowest BCUT2D eigenvalue weighted by Gasteiger charge is -2.27. The van der Waals surface area contributed by atoms with Crippen molar-refractivity contribution in [3.8, 4) is 5.75 Å². The lowest BCUT2D eigenvalue weighted by atomic mass is 9.81. The summed E-state index contributed by atoms with van der Waals surface area (Å²) in [6.07, 6.45) is 5.98. The van der Waals surface area contributed by atoms with Gasteiger partial charge >= 0.3 is 0 Å². The largest absolute Gasteiger partial charge is 0.496 e. The average Bonchev–Trinajstić information content (AvgIpc) is 2.79. The molecule has 3 heteroatoms. The SMILES string of the molecule is COc1ccc(Cl)cc1CC1(CCl)CCCC1. The molecule has 0 amide bonds. The van der Waals surface area contributed by atoms with Crippen LogP contribution in [0, 0.1) is 5.41 Å². The second kappa shape index (κ2) is 5.49. The van der Waals surface area contributed by atoms with Gasteiger partial charge in [-0.25, -0.2) is 0 Å². The van der Waals surface area contributed by atoms with Gasteiger partial charge in [0.25, 0.3) is 0 Å². The summed E-state index contributed by atoms with van der Waals surface area (Å²) < 4.78 is 5.40. The van der Waals surface area contributed by atoms with Crippen LogP contribution in [0.25, 0.3) is 0 Å². The van der Waals surface area contributed by atoms with Gasteiger partial charge in [-0.3, -0.25) is 0 Å². The summed E-state index contributed by atoms with van der Waals surface area (Å²) in [6, 6.07) is 5.81. The molecule has 0 radical (unpaired) electrons. The molecule has 1 nitrogen and oxygen atoms in total. The Morgan fingerprint density at radius 3 is 2.59 bits per heavy atom. The molecule has 17 heavy (non-hydrogen) atoms. The van der Waals surface area contributed by atoms with E-state index in [4.69, 9.17) is 27.9 Å². The summed E-state index contributed by atoms with van der Waals surface area (Å²) in [5, 5.41) is 0.767. The molecule has 0 N–H and O–H groups in total. The quantitative estimate of drug-likeness (QED) is 0.723. The zero-order valence-corrected chi connectivity index (χ0v) is 11.7. The predicted molar refractivity (Wildman–Crippen MR) is 73.3 cm³/mol. The van der Waals surface area contributed by atoms with E-state index in [0.717, 1.165) is 23.1 Å². The van der Waals surface area contributed by atoms with E-state index in [-0.39, 0.29) is 5.41 Å². The van der Waals surface area contributed by atoms with Crippen molar-refractivity contribution in [2.45, 2.75) is 32.1 Å². The van der Waals surface area contributed by atoms with E-state index in [1.54, 1.807) is 7.11 Å². The molecule has 1 aliphatic rings. The van der Waals surface area contributed by atoms with Gasteiger partial charge in [-0.1, -0.05) is 24.4 Å². The van der Waals surface area contributed by atoms with Gasteiger partial charge in [-0.05, 0) is 48.4 Å². The summed E-state index contributed by atoms with van der Waals surface area (Å²) in [5.41, 5.74) is 1.43. The molecule has 0 heterocycles. The first-order valence-corrected chi connectivity index (χ1v) is 6.99. The molecule has 1 aliphatic carbocycles. The fourth-order valence-electron chi connectivity index (χ4n) is 2.77. The normalized spacial score (nSPS) is 18.3. The van der Waals surface area contributed by atoms with Crippen molar-refractivity contribution in [3.05, 3.63) is 28.8 Å². The highest BCUT2D eigenvalue weighted by molar-refractivity contribution is 6.30. The Morgan fingerprint density at radius 1 is 1.29 bits per heavy atom. The zero-order chi connectivity index (χ0) is 12.3. The first-order valence-electron chi connectivity index (χ1n) is 6.07. The molecule has 1 fully saturated rings. The molecule has 0 bridgehead atoms. The van der Waals surface area contributed by atoms with E-state index in [2.05, 4.69) is 0 Å². The minimum Gasteiger partial charge on any atom is -0.496 e. The van der Waals surface area contributed by atoms with Crippen molar-refractivity contribution < 1.29 is 4.74 Å². The standard InChI is InChI=1S/C14H18Cl2O/c1-17-13-5-4-12(16)8-11(13)9-14(10-15)6-2-3-7-14/h4-5,8H,2-3,6-7,9-10H2,1H3. The Balaban J connectivity index is 2.24. The van der Waals surface area contributed by atoms with Crippen LogP contribution in [0.1, 0.15) is 31.2 Å². The van der Waals surface area contributed by atoms with E-state index in [9.17, 15) is 0 Å². The molecule has 0 unspecified atom stereocenters. The Labute approximate surface area is 113 Å². The van der Waals surface area contributed by atoms with Gasteiger partial charge in [-0.2, -0.15) is 0 Å². The van der Waals surface area contributed by atoms with Gasteiger partial charge in [0, 0.05) is 10.9 Å². The Kier molecular flexibility index (Phi) is 4.22. The van der Waals surface area contributed by atoms with Crippen molar-refractivity contribution in [2.24, 2.45) is 5.41 Å². The molecule has 1 aromatic carbocycles. The fraction of sp³-hybridized carbons (Fsp3) is 0.571. The number of hydrogen-bond acceptors (Lipinski definition) is 1. The third-order valence-corrected chi connectivity index (χ3v) is 4.56. The Hall–Kier alpha value is -0.400. The summed E-state index contributed by atoms with van der Waals surface area (Å²) in [7, 11) is 1.70. The minimum absolute atomic E-state index is 0.250. The van der Waals surface area contributed by atoms with E-state index >= 15 is 0 Å². The lowest BCUT2D eigenvalue weighted by molar-refractivity contribution is 0.330. The van der Waals surface area contributed by atoms with E-state index in [0.29, 0.717) is 0 Å². The predicted octanol–water partition coefficient (Wildman–Crippen LogP) is 4.69. The second-order valence-electron chi connectivity index (χ2n) is 4.97. The van der Waals surface area contributed by atoms with E-state index in [1.165, 1.54) is 31.2 Å². The third kappa shape index (κ3) is 2.89. The van der Waals surface area contributed by atoms with Crippen LogP contribution in [-0.2, 0) is 6.42 Å². The van der Waals surface area contributed by atoms with Gasteiger partial charge in [-0.15, -0.1) is 11.6 Å². The molecule has 0 saturated heterocycles. The van der Waals surface area contributed by atoms with Crippen LogP contribution in [0.5, 0.6) is 5.75 Å². The fourth-order valence-corrected chi connectivity index (χ4v) is 3.33. The molecule has 2 rings (SSSR count). The first-order chi connectivity index (χ1) is 8.19. The third-order valence-electron chi connectivity index (χ3n) is 3.76. The molecular formula is C14H18Cl2O. The van der Waals surface area contributed by atoms with Gasteiger partial charge in [0.2, 0.25) is 0 Å². The molecule has 94 valence electrons. The number of alkyl halides is 1. The van der Waals surface area contributed by atoms with Crippen molar-refractivity contribution in [1.82, 2.24) is 0 Å². The number of benzene rings is 1. The Bertz CT molecular complexity index is 384. The Morgan fingerprint density at radius 2 is 2.00 bits per heavy atom.